The Morgan fingerprint density at radius 3 is 1.97 bits per heavy atom. The number of carboxylic acid groups (broad SMARTS) is 2. The van der Waals surface area contributed by atoms with Crippen LogP contribution in [0.5, 0.6) is 0 Å². The highest BCUT2D eigenvalue weighted by atomic mass is 32.2. The number of aliphatic hydroxyl groups excluding tert-OH is 1. The Balaban J connectivity index is 5.13. The average Bonchev–Trinajstić information content (AvgIpc) is 2.76. The summed E-state index contributed by atoms with van der Waals surface area (Å²) in [4.78, 5) is 63.1. The normalized spacial score (nSPS) is 14.1. The predicted molar refractivity (Wildman–Crippen MR) is 124 cm³/mol. The van der Waals surface area contributed by atoms with E-state index in [4.69, 9.17) is 27.4 Å². The summed E-state index contributed by atoms with van der Waals surface area (Å²) in [6, 6.07) is -5.40. The lowest BCUT2D eigenvalue weighted by molar-refractivity contribution is -0.147. The third-order valence-corrected chi connectivity index (χ3v) is 5.00. The van der Waals surface area contributed by atoms with Gasteiger partial charge in [-0.25, -0.2) is 4.79 Å². The molecule has 16 heteroatoms. The summed E-state index contributed by atoms with van der Waals surface area (Å²) in [5.74, 6) is -5.22. The molecule has 0 radical (unpaired) electrons. The summed E-state index contributed by atoms with van der Waals surface area (Å²) in [5.41, 5.74) is 16.3. The molecule has 0 aliphatic rings. The summed E-state index contributed by atoms with van der Waals surface area (Å²) >= 11 is 1.40. The Kier molecular flexibility index (Phi) is 15.0. The zero-order chi connectivity index (χ0) is 26.3. The fourth-order valence-corrected chi connectivity index (χ4v) is 3.02. The molecule has 0 spiro atoms. The lowest BCUT2D eigenvalue weighted by Gasteiger charge is -2.24. The maximum atomic E-state index is 12.7. The standard InChI is InChI=1S/C18H33N7O8S/c1-34-6-4-10(23-14(29)9(19)3-2-5-22-18(20)21)15(30)25-12(8-26)16(31)24-11(17(32)33)7-13(27)28/h9-12,26H,2-8,19H2,1H3,(H,23,29)(H,24,31)(H,25,30)(H,27,28)(H,32,33)(H4,20,21,22). The molecule has 4 unspecified atom stereocenters. The number of aliphatic imine (C=N–C) groups is 1. The Morgan fingerprint density at radius 1 is 0.912 bits per heavy atom. The fraction of sp³-hybridized carbons (Fsp3) is 0.667. The minimum Gasteiger partial charge on any atom is -0.481 e. The minimum atomic E-state index is -1.76. The highest BCUT2D eigenvalue weighted by Crippen LogP contribution is 2.04. The highest BCUT2D eigenvalue weighted by Gasteiger charge is 2.30. The van der Waals surface area contributed by atoms with Crippen LogP contribution in [0, 0.1) is 0 Å². The summed E-state index contributed by atoms with van der Waals surface area (Å²) in [7, 11) is 0. The number of guanidine groups is 1. The molecule has 0 aliphatic heterocycles. The first kappa shape index (κ1) is 30.9. The Morgan fingerprint density at radius 2 is 1.47 bits per heavy atom. The molecule has 0 aliphatic carbocycles. The van der Waals surface area contributed by atoms with Crippen molar-refractivity contribution in [2.24, 2.45) is 22.2 Å². The number of rotatable bonds is 17. The molecule has 194 valence electrons. The number of nitrogens with zero attached hydrogens (tertiary/aromatic N) is 1. The van der Waals surface area contributed by atoms with Crippen molar-refractivity contribution in [2.75, 3.05) is 25.2 Å². The number of carbonyl (C=O) groups excluding carboxylic acids is 3. The molecule has 0 aromatic rings. The van der Waals surface area contributed by atoms with E-state index in [9.17, 15) is 29.1 Å². The second-order valence-electron chi connectivity index (χ2n) is 7.14. The predicted octanol–water partition coefficient (Wildman–Crippen LogP) is -3.87. The molecule has 0 heterocycles. The molecule has 0 fully saturated rings. The number of aliphatic carboxylic acids is 2. The maximum Gasteiger partial charge on any atom is 0.326 e. The van der Waals surface area contributed by atoms with Gasteiger partial charge in [0.2, 0.25) is 17.7 Å². The van der Waals surface area contributed by atoms with Crippen molar-refractivity contribution >= 4 is 47.4 Å². The van der Waals surface area contributed by atoms with Gasteiger partial charge >= 0.3 is 11.9 Å². The van der Waals surface area contributed by atoms with Crippen LogP contribution in [0.1, 0.15) is 25.7 Å². The van der Waals surface area contributed by atoms with E-state index in [2.05, 4.69) is 15.6 Å². The van der Waals surface area contributed by atoms with E-state index in [1.165, 1.54) is 11.8 Å². The van der Waals surface area contributed by atoms with Crippen molar-refractivity contribution in [1.29, 1.82) is 0 Å². The third kappa shape index (κ3) is 12.8. The van der Waals surface area contributed by atoms with Crippen molar-refractivity contribution in [1.82, 2.24) is 16.0 Å². The van der Waals surface area contributed by atoms with Crippen LogP contribution in [0.3, 0.4) is 0 Å². The van der Waals surface area contributed by atoms with Crippen molar-refractivity contribution < 1.29 is 39.3 Å². The monoisotopic (exact) mass is 507 g/mol. The molecular weight excluding hydrogens is 474 g/mol. The van der Waals surface area contributed by atoms with E-state index in [0.717, 1.165) is 0 Å². The van der Waals surface area contributed by atoms with Crippen LogP contribution in [-0.2, 0) is 24.0 Å². The quantitative estimate of drug-likeness (QED) is 0.0519. The third-order valence-electron chi connectivity index (χ3n) is 4.36. The number of nitrogens with one attached hydrogen (secondary N) is 3. The first-order chi connectivity index (χ1) is 15.9. The van der Waals surface area contributed by atoms with Crippen LogP contribution in [0.25, 0.3) is 0 Å². The van der Waals surface area contributed by atoms with Crippen molar-refractivity contribution in [3.05, 3.63) is 0 Å². The smallest absolute Gasteiger partial charge is 0.326 e. The van der Waals surface area contributed by atoms with Gasteiger partial charge < -0.3 is 48.5 Å². The second-order valence-corrected chi connectivity index (χ2v) is 8.12. The molecule has 3 amide bonds. The summed E-state index contributed by atoms with van der Waals surface area (Å²) in [5, 5.41) is 34.0. The molecule has 15 nitrogen and oxygen atoms in total. The molecule has 0 aromatic heterocycles. The van der Waals surface area contributed by atoms with Gasteiger partial charge in [-0.2, -0.15) is 11.8 Å². The van der Waals surface area contributed by atoms with Crippen molar-refractivity contribution in [2.45, 2.75) is 49.9 Å². The van der Waals surface area contributed by atoms with E-state index in [-0.39, 0.29) is 25.3 Å². The largest absolute Gasteiger partial charge is 0.481 e. The molecule has 0 rings (SSSR count). The van der Waals surface area contributed by atoms with E-state index in [1.807, 2.05) is 5.32 Å². The van der Waals surface area contributed by atoms with Gasteiger partial charge in [0.25, 0.3) is 0 Å². The van der Waals surface area contributed by atoms with Gasteiger partial charge in [0.1, 0.15) is 18.1 Å². The van der Waals surface area contributed by atoms with Gasteiger partial charge in [-0.15, -0.1) is 0 Å². The molecule has 0 bridgehead atoms. The maximum absolute atomic E-state index is 12.7. The van der Waals surface area contributed by atoms with Crippen LogP contribution in [-0.4, -0.2) is 100 Å². The van der Waals surface area contributed by atoms with E-state index >= 15 is 0 Å². The zero-order valence-corrected chi connectivity index (χ0v) is 19.5. The molecule has 0 aromatic carbocycles. The van der Waals surface area contributed by atoms with Gasteiger partial charge in [-0.3, -0.25) is 24.2 Å². The van der Waals surface area contributed by atoms with Crippen LogP contribution in [0.15, 0.2) is 4.99 Å². The van der Waals surface area contributed by atoms with Crippen molar-refractivity contribution in [3.63, 3.8) is 0 Å². The number of nitrogens with two attached hydrogens (primary N) is 3. The van der Waals surface area contributed by atoms with Gasteiger partial charge in [0.05, 0.1) is 19.1 Å². The summed E-state index contributed by atoms with van der Waals surface area (Å²) in [6.45, 7) is -0.628. The minimum absolute atomic E-state index is 0.0908. The van der Waals surface area contributed by atoms with Gasteiger partial charge in [0, 0.05) is 6.54 Å². The van der Waals surface area contributed by atoms with Crippen LogP contribution in [0.4, 0.5) is 0 Å². The lowest BCUT2D eigenvalue weighted by Crippen LogP contribution is -2.58. The number of thioether (sulfide) groups is 1. The number of hydrogen-bond acceptors (Lipinski definition) is 9. The van der Waals surface area contributed by atoms with Crippen molar-refractivity contribution in [3.8, 4) is 0 Å². The van der Waals surface area contributed by atoms with Gasteiger partial charge in [0.15, 0.2) is 5.96 Å². The van der Waals surface area contributed by atoms with E-state index in [1.54, 1.807) is 6.26 Å². The Labute approximate surface area is 200 Å². The highest BCUT2D eigenvalue weighted by molar-refractivity contribution is 7.98. The van der Waals surface area contributed by atoms with Gasteiger partial charge in [-0.1, -0.05) is 0 Å². The molecular formula is C18H33N7O8S. The number of carboxylic acids is 2. The molecule has 34 heavy (non-hydrogen) atoms. The van der Waals surface area contributed by atoms with Crippen LogP contribution >= 0.6 is 11.8 Å². The van der Waals surface area contributed by atoms with E-state index in [0.29, 0.717) is 12.2 Å². The number of amides is 3. The average molecular weight is 508 g/mol. The van der Waals surface area contributed by atoms with Crippen LogP contribution in [0.2, 0.25) is 0 Å². The molecule has 4 atom stereocenters. The lowest BCUT2D eigenvalue weighted by atomic mass is 10.1. The SMILES string of the molecule is CSCCC(NC(=O)C(N)CCCN=C(N)N)C(=O)NC(CO)C(=O)NC(CC(=O)O)C(=O)O. The molecule has 0 saturated carbocycles. The number of aliphatic hydroxyl groups is 1. The summed E-state index contributed by atoms with van der Waals surface area (Å²) in [6.07, 6.45) is 1.71. The second kappa shape index (κ2) is 16.5. The Hall–Kier alpha value is -3.11. The van der Waals surface area contributed by atoms with Crippen LogP contribution < -0.4 is 33.2 Å². The molecule has 0 saturated heterocycles. The number of carbonyl (C=O) groups is 5. The first-order valence-electron chi connectivity index (χ1n) is 10.2. The number of hydrogen-bond donors (Lipinski definition) is 9. The fourth-order valence-electron chi connectivity index (χ4n) is 2.55. The first-order valence-corrected chi connectivity index (χ1v) is 11.6. The zero-order valence-electron chi connectivity index (χ0n) is 18.7. The van der Waals surface area contributed by atoms with E-state index < -0.39 is 66.9 Å². The topological polar surface area (TPSA) is 273 Å². The Bertz CT molecular complexity index is 748. The summed E-state index contributed by atoms with van der Waals surface area (Å²) < 4.78 is 0. The molecule has 12 N–H and O–H groups in total. The van der Waals surface area contributed by atoms with Gasteiger partial charge in [-0.05, 0) is 31.3 Å².